The third-order valence-electron chi connectivity index (χ3n) is 5.51. The fourth-order valence-electron chi connectivity index (χ4n) is 4.08. The fourth-order valence-corrected chi connectivity index (χ4v) is 5.65. The van der Waals surface area contributed by atoms with Gasteiger partial charge in [0.05, 0.1) is 16.8 Å². The van der Waals surface area contributed by atoms with Gasteiger partial charge in [-0.25, -0.2) is 8.42 Å². The van der Waals surface area contributed by atoms with Gasteiger partial charge in [-0.15, -0.1) is 0 Å². The van der Waals surface area contributed by atoms with Crippen molar-refractivity contribution in [2.75, 3.05) is 19.4 Å². The largest absolute Gasteiger partial charge is 0.381 e. The van der Waals surface area contributed by atoms with E-state index in [9.17, 15) is 8.42 Å². The standard InChI is InChI=1S/C20H25N3O2S/c1-22(2)16-10-8-15(9-11-16)21-18-7-5-6-17-19(23-12-3-4-13-23)14-26(24,25)20(17)18/h3-7,12-16,21H,8-11H2,1-2H3. The molecular weight excluding hydrogens is 346 g/mol. The van der Waals surface area contributed by atoms with Crippen molar-refractivity contribution in [1.82, 2.24) is 9.47 Å². The predicted molar refractivity (Wildman–Crippen MR) is 105 cm³/mol. The molecule has 0 saturated heterocycles. The van der Waals surface area contributed by atoms with E-state index in [4.69, 9.17) is 0 Å². The minimum Gasteiger partial charge on any atom is -0.381 e. The molecule has 2 aliphatic rings. The van der Waals surface area contributed by atoms with Crippen molar-refractivity contribution in [2.24, 2.45) is 0 Å². The summed E-state index contributed by atoms with van der Waals surface area (Å²) in [5.41, 5.74) is 2.22. The highest BCUT2D eigenvalue weighted by molar-refractivity contribution is 7.95. The predicted octanol–water partition coefficient (Wildman–Crippen LogP) is 3.41. The van der Waals surface area contributed by atoms with E-state index in [0.29, 0.717) is 22.7 Å². The van der Waals surface area contributed by atoms with E-state index < -0.39 is 9.84 Å². The summed E-state index contributed by atoms with van der Waals surface area (Å²) < 4.78 is 27.5. The molecule has 0 bridgehead atoms. The highest BCUT2D eigenvalue weighted by Crippen LogP contribution is 2.40. The van der Waals surface area contributed by atoms with Crippen LogP contribution >= 0.6 is 0 Å². The first-order valence-corrected chi connectivity index (χ1v) is 10.7. The van der Waals surface area contributed by atoms with Gasteiger partial charge in [0, 0.05) is 30.0 Å². The molecule has 6 heteroatoms. The highest BCUT2D eigenvalue weighted by atomic mass is 32.2. The minimum absolute atomic E-state index is 0.323. The molecule has 1 aliphatic heterocycles. The first-order chi connectivity index (χ1) is 12.5. The van der Waals surface area contributed by atoms with Crippen LogP contribution in [0.5, 0.6) is 0 Å². The van der Waals surface area contributed by atoms with Crippen molar-refractivity contribution in [3.63, 3.8) is 0 Å². The molecule has 26 heavy (non-hydrogen) atoms. The lowest BCUT2D eigenvalue weighted by Crippen LogP contribution is -2.36. The minimum atomic E-state index is -3.44. The molecule has 0 amide bonds. The van der Waals surface area contributed by atoms with Crippen LogP contribution in [0.4, 0.5) is 5.69 Å². The summed E-state index contributed by atoms with van der Waals surface area (Å²) in [7, 11) is 0.817. The summed E-state index contributed by atoms with van der Waals surface area (Å²) in [6.45, 7) is 0. The average Bonchev–Trinajstić information content (AvgIpc) is 3.22. The number of nitrogens with one attached hydrogen (secondary N) is 1. The molecule has 4 rings (SSSR count). The Hall–Kier alpha value is -2.05. The first-order valence-electron chi connectivity index (χ1n) is 9.12. The number of aromatic nitrogens is 1. The zero-order chi connectivity index (χ0) is 18.3. The van der Waals surface area contributed by atoms with Gasteiger partial charge in [0.2, 0.25) is 9.84 Å². The summed E-state index contributed by atoms with van der Waals surface area (Å²) >= 11 is 0. The van der Waals surface area contributed by atoms with Gasteiger partial charge in [-0.05, 0) is 58.0 Å². The van der Waals surface area contributed by atoms with Crippen LogP contribution in [0.2, 0.25) is 0 Å². The third kappa shape index (κ3) is 3.08. The lowest BCUT2D eigenvalue weighted by atomic mass is 9.90. The second kappa shape index (κ2) is 6.59. The third-order valence-corrected chi connectivity index (χ3v) is 7.05. The Morgan fingerprint density at radius 3 is 2.38 bits per heavy atom. The van der Waals surface area contributed by atoms with Gasteiger partial charge in [-0.2, -0.15) is 0 Å². The number of hydrogen-bond donors (Lipinski definition) is 1. The first kappa shape index (κ1) is 17.4. The molecule has 2 aromatic rings. The summed E-state index contributed by atoms with van der Waals surface area (Å²) in [5, 5.41) is 4.90. The van der Waals surface area contributed by atoms with Gasteiger partial charge >= 0.3 is 0 Å². The molecule has 1 aliphatic carbocycles. The number of hydrogen-bond acceptors (Lipinski definition) is 4. The van der Waals surface area contributed by atoms with Gasteiger partial charge in [-0.3, -0.25) is 0 Å². The molecule has 1 aromatic carbocycles. The van der Waals surface area contributed by atoms with Crippen LogP contribution in [0.1, 0.15) is 31.2 Å². The van der Waals surface area contributed by atoms with E-state index in [2.05, 4.69) is 24.3 Å². The maximum absolute atomic E-state index is 12.8. The summed E-state index contributed by atoms with van der Waals surface area (Å²) in [6.07, 6.45) is 8.14. The Morgan fingerprint density at radius 1 is 1.04 bits per heavy atom. The lowest BCUT2D eigenvalue weighted by molar-refractivity contribution is 0.221. The van der Waals surface area contributed by atoms with Crippen molar-refractivity contribution in [3.05, 3.63) is 53.7 Å². The zero-order valence-electron chi connectivity index (χ0n) is 15.2. The van der Waals surface area contributed by atoms with E-state index in [1.807, 2.05) is 47.3 Å². The molecule has 0 radical (unpaired) electrons. The van der Waals surface area contributed by atoms with Crippen molar-refractivity contribution < 1.29 is 8.42 Å². The highest BCUT2D eigenvalue weighted by Gasteiger charge is 2.32. The molecule has 1 fully saturated rings. The maximum atomic E-state index is 12.8. The van der Waals surface area contributed by atoms with Crippen LogP contribution in [0.15, 0.2) is 53.0 Å². The molecule has 5 nitrogen and oxygen atoms in total. The maximum Gasteiger partial charge on any atom is 0.204 e. The molecule has 1 aromatic heterocycles. The van der Waals surface area contributed by atoms with E-state index >= 15 is 0 Å². The van der Waals surface area contributed by atoms with Gasteiger partial charge < -0.3 is 14.8 Å². The molecule has 138 valence electrons. The number of fused-ring (bicyclic) bond motifs is 1. The van der Waals surface area contributed by atoms with Gasteiger partial charge in [0.15, 0.2) is 0 Å². The van der Waals surface area contributed by atoms with Crippen LogP contribution in [-0.4, -0.2) is 44.1 Å². The van der Waals surface area contributed by atoms with E-state index in [1.165, 1.54) is 5.41 Å². The van der Waals surface area contributed by atoms with Crippen molar-refractivity contribution >= 4 is 21.2 Å². The number of benzene rings is 1. The molecule has 0 spiro atoms. The molecular formula is C20H25N3O2S. The Kier molecular flexibility index (Phi) is 4.40. The smallest absolute Gasteiger partial charge is 0.204 e. The second-order valence-corrected chi connectivity index (χ2v) is 9.17. The summed E-state index contributed by atoms with van der Waals surface area (Å²) in [6, 6.07) is 10.5. The van der Waals surface area contributed by atoms with E-state index in [1.54, 1.807) is 0 Å². The lowest BCUT2D eigenvalue weighted by Gasteiger charge is -2.33. The summed E-state index contributed by atoms with van der Waals surface area (Å²) in [5.74, 6) is 0. The van der Waals surface area contributed by atoms with Crippen LogP contribution in [0.3, 0.4) is 0 Å². The topological polar surface area (TPSA) is 54.3 Å². The number of sulfone groups is 1. The number of nitrogens with zero attached hydrogens (tertiary/aromatic N) is 2. The second-order valence-electron chi connectivity index (χ2n) is 7.43. The quantitative estimate of drug-likeness (QED) is 0.895. The molecule has 0 atom stereocenters. The average molecular weight is 372 g/mol. The van der Waals surface area contributed by atoms with Crippen molar-refractivity contribution in [1.29, 1.82) is 0 Å². The van der Waals surface area contributed by atoms with Gasteiger partial charge in [0.25, 0.3) is 0 Å². The van der Waals surface area contributed by atoms with Crippen molar-refractivity contribution in [3.8, 4) is 0 Å². The SMILES string of the molecule is CN(C)C1CCC(Nc2cccc3c2S(=O)(=O)C=C3n2cccc2)CC1. The van der Waals surface area contributed by atoms with E-state index in [0.717, 1.165) is 36.9 Å². The molecule has 1 saturated carbocycles. The van der Waals surface area contributed by atoms with Crippen LogP contribution in [0.25, 0.3) is 5.70 Å². The molecule has 2 heterocycles. The van der Waals surface area contributed by atoms with Crippen LogP contribution < -0.4 is 5.32 Å². The number of anilines is 1. The summed E-state index contributed by atoms with van der Waals surface area (Å²) in [4.78, 5) is 2.70. The van der Waals surface area contributed by atoms with Crippen LogP contribution in [0, 0.1) is 0 Å². The monoisotopic (exact) mass is 371 g/mol. The van der Waals surface area contributed by atoms with Crippen LogP contribution in [-0.2, 0) is 9.84 Å². The molecule has 1 N–H and O–H groups in total. The van der Waals surface area contributed by atoms with Crippen molar-refractivity contribution in [2.45, 2.75) is 42.7 Å². The number of rotatable bonds is 4. The Balaban J connectivity index is 1.61. The zero-order valence-corrected chi connectivity index (χ0v) is 16.0. The molecule has 0 unspecified atom stereocenters. The Labute approximate surface area is 155 Å². The Bertz CT molecular complexity index is 922. The Morgan fingerprint density at radius 2 is 1.73 bits per heavy atom. The van der Waals surface area contributed by atoms with E-state index in [-0.39, 0.29) is 0 Å². The van der Waals surface area contributed by atoms with Gasteiger partial charge in [-0.1, -0.05) is 12.1 Å². The normalized spacial score (nSPS) is 24.3. The van der Waals surface area contributed by atoms with Gasteiger partial charge in [0.1, 0.15) is 4.90 Å². The fraction of sp³-hybridized carbons (Fsp3) is 0.400.